The molecule has 0 unspecified atom stereocenters. The first-order valence-corrected chi connectivity index (χ1v) is 4.41. The molecule has 76 valence electrons. The van der Waals surface area contributed by atoms with Gasteiger partial charge < -0.3 is 0 Å². The Labute approximate surface area is 85.1 Å². The first-order valence-electron chi connectivity index (χ1n) is 4.41. The Morgan fingerprint density at radius 1 is 1.47 bits per heavy atom. The second-order valence-corrected chi connectivity index (χ2v) is 3.31. The SMILES string of the molecule is Cc1cccc2c(C(=O)C=O)cn(F)c12. The smallest absolute Gasteiger partial charge is 0.227 e. The van der Waals surface area contributed by atoms with Crippen molar-refractivity contribution in [3.8, 4) is 0 Å². The number of ketones is 1. The molecule has 2 rings (SSSR count). The Kier molecular flexibility index (Phi) is 2.11. The van der Waals surface area contributed by atoms with Crippen LogP contribution in [0.3, 0.4) is 0 Å². The van der Waals surface area contributed by atoms with Crippen molar-refractivity contribution in [1.82, 2.24) is 4.79 Å². The van der Waals surface area contributed by atoms with Gasteiger partial charge >= 0.3 is 0 Å². The molecule has 0 bridgehead atoms. The first-order chi connectivity index (χ1) is 7.15. The van der Waals surface area contributed by atoms with Crippen molar-refractivity contribution < 1.29 is 14.1 Å². The van der Waals surface area contributed by atoms with Gasteiger partial charge in [-0.1, -0.05) is 22.7 Å². The van der Waals surface area contributed by atoms with Crippen LogP contribution in [0.5, 0.6) is 0 Å². The summed E-state index contributed by atoms with van der Waals surface area (Å²) in [5, 5.41) is 0.467. The van der Waals surface area contributed by atoms with E-state index in [4.69, 9.17) is 0 Å². The Morgan fingerprint density at radius 2 is 2.20 bits per heavy atom. The maximum atomic E-state index is 13.4. The minimum absolute atomic E-state index is 0.103. The van der Waals surface area contributed by atoms with Gasteiger partial charge in [-0.2, -0.15) is 4.79 Å². The lowest BCUT2D eigenvalue weighted by Gasteiger charge is -1.96. The van der Waals surface area contributed by atoms with Crippen LogP contribution in [0.15, 0.2) is 24.4 Å². The van der Waals surface area contributed by atoms with Crippen LogP contribution in [0, 0.1) is 6.92 Å². The fraction of sp³-hybridized carbons (Fsp3) is 0.0909. The number of rotatable bonds is 2. The van der Waals surface area contributed by atoms with Gasteiger partial charge in [-0.3, -0.25) is 9.59 Å². The average Bonchev–Trinajstić information content (AvgIpc) is 2.56. The Balaban J connectivity index is 2.84. The largest absolute Gasteiger partial charge is 0.294 e. The summed E-state index contributed by atoms with van der Waals surface area (Å²) in [4.78, 5) is 21.9. The molecule has 0 saturated heterocycles. The topological polar surface area (TPSA) is 39.1 Å². The summed E-state index contributed by atoms with van der Waals surface area (Å²) >= 11 is 0. The third-order valence-corrected chi connectivity index (χ3v) is 2.36. The van der Waals surface area contributed by atoms with E-state index in [1.165, 1.54) is 0 Å². The average molecular weight is 205 g/mol. The summed E-state index contributed by atoms with van der Waals surface area (Å²) in [7, 11) is 0. The number of halogens is 1. The lowest BCUT2D eigenvalue weighted by atomic mass is 10.1. The number of para-hydroxylation sites is 1. The van der Waals surface area contributed by atoms with Crippen LogP contribution >= 0.6 is 0 Å². The van der Waals surface area contributed by atoms with Crippen LogP contribution in [0.25, 0.3) is 10.9 Å². The Bertz CT molecular complexity index is 557. The Hall–Kier alpha value is -1.97. The molecule has 1 aromatic carbocycles. The molecule has 0 aliphatic carbocycles. The van der Waals surface area contributed by atoms with Crippen LogP contribution in [0.4, 0.5) is 4.48 Å². The van der Waals surface area contributed by atoms with Crippen molar-refractivity contribution in [2.24, 2.45) is 0 Å². The van der Waals surface area contributed by atoms with Crippen molar-refractivity contribution >= 4 is 23.0 Å². The standard InChI is InChI=1S/C11H8FNO2/c1-7-3-2-4-8-9(10(15)6-14)5-13(12)11(7)8/h2-6H,1H3. The van der Waals surface area contributed by atoms with Gasteiger partial charge in [-0.25, -0.2) is 0 Å². The van der Waals surface area contributed by atoms with Crippen molar-refractivity contribution in [3.63, 3.8) is 0 Å². The highest BCUT2D eigenvalue weighted by Gasteiger charge is 2.15. The van der Waals surface area contributed by atoms with Gasteiger partial charge in [0.05, 0.1) is 17.3 Å². The minimum atomic E-state index is -0.706. The molecule has 1 heterocycles. The maximum absolute atomic E-state index is 13.4. The molecule has 0 atom stereocenters. The van der Waals surface area contributed by atoms with E-state index in [1.807, 2.05) is 0 Å². The van der Waals surface area contributed by atoms with E-state index in [1.54, 1.807) is 25.1 Å². The number of aldehydes is 1. The lowest BCUT2D eigenvalue weighted by molar-refractivity contribution is -0.104. The highest BCUT2D eigenvalue weighted by atomic mass is 19.2. The zero-order valence-corrected chi connectivity index (χ0v) is 8.03. The summed E-state index contributed by atoms with van der Waals surface area (Å²) in [6, 6.07) is 5.09. The summed E-state index contributed by atoms with van der Waals surface area (Å²) in [5.41, 5.74) is 1.16. The molecule has 0 spiro atoms. The second-order valence-electron chi connectivity index (χ2n) is 3.31. The van der Waals surface area contributed by atoms with Crippen LogP contribution in [-0.4, -0.2) is 16.9 Å². The quantitative estimate of drug-likeness (QED) is 0.427. The molecule has 0 radical (unpaired) electrons. The number of fused-ring (bicyclic) bond motifs is 1. The predicted molar refractivity (Wildman–Crippen MR) is 53.6 cm³/mol. The third-order valence-electron chi connectivity index (χ3n) is 2.36. The Morgan fingerprint density at radius 3 is 2.87 bits per heavy atom. The predicted octanol–water partition coefficient (Wildman–Crippen LogP) is 2.06. The van der Waals surface area contributed by atoms with E-state index >= 15 is 0 Å². The summed E-state index contributed by atoms with van der Waals surface area (Å²) in [6.45, 7) is 1.74. The zero-order valence-electron chi connectivity index (χ0n) is 8.03. The van der Waals surface area contributed by atoms with Crippen LogP contribution < -0.4 is 0 Å². The van der Waals surface area contributed by atoms with Crippen LogP contribution in [0.2, 0.25) is 0 Å². The van der Waals surface area contributed by atoms with Gasteiger partial charge in [0.15, 0.2) is 6.29 Å². The highest BCUT2D eigenvalue weighted by molar-refractivity contribution is 6.36. The number of carbonyl (C=O) groups is 2. The molecular weight excluding hydrogens is 197 g/mol. The molecule has 2 aromatic rings. The van der Waals surface area contributed by atoms with Gasteiger partial charge in [0.25, 0.3) is 0 Å². The summed E-state index contributed by atoms with van der Waals surface area (Å²) in [5.74, 6) is -0.706. The number of aromatic nitrogens is 1. The van der Waals surface area contributed by atoms with Crippen molar-refractivity contribution in [1.29, 1.82) is 0 Å². The molecule has 0 amide bonds. The first kappa shape index (κ1) is 9.58. The molecule has 1 aromatic heterocycles. The molecular formula is C11H8FNO2. The van der Waals surface area contributed by atoms with E-state index in [0.29, 0.717) is 15.7 Å². The molecule has 0 N–H and O–H groups in total. The van der Waals surface area contributed by atoms with Crippen LogP contribution in [0.1, 0.15) is 15.9 Å². The van der Waals surface area contributed by atoms with E-state index < -0.39 is 5.78 Å². The number of benzene rings is 1. The van der Waals surface area contributed by atoms with Crippen molar-refractivity contribution in [2.75, 3.05) is 0 Å². The number of Topliss-reactive ketones (excluding diaryl/α,β-unsaturated/α-hetero) is 1. The maximum Gasteiger partial charge on any atom is 0.227 e. The summed E-state index contributed by atoms with van der Waals surface area (Å²) in [6.07, 6.45) is 1.23. The normalized spacial score (nSPS) is 10.5. The molecule has 15 heavy (non-hydrogen) atoms. The van der Waals surface area contributed by atoms with Crippen LogP contribution in [-0.2, 0) is 4.79 Å². The number of carbonyl (C=O) groups excluding carboxylic acids is 2. The monoisotopic (exact) mass is 205 g/mol. The number of hydrogen-bond acceptors (Lipinski definition) is 2. The molecule has 0 saturated carbocycles. The van der Waals surface area contributed by atoms with Gasteiger partial charge in [0, 0.05) is 5.39 Å². The number of hydrogen-bond donors (Lipinski definition) is 0. The van der Waals surface area contributed by atoms with E-state index in [-0.39, 0.29) is 11.8 Å². The molecule has 0 fully saturated rings. The fourth-order valence-electron chi connectivity index (χ4n) is 1.67. The van der Waals surface area contributed by atoms with Gasteiger partial charge in [0.1, 0.15) is 0 Å². The second kappa shape index (κ2) is 3.31. The summed E-state index contributed by atoms with van der Waals surface area (Å²) < 4.78 is 13.4. The number of nitrogens with zero attached hydrogens (tertiary/aromatic N) is 1. The van der Waals surface area contributed by atoms with Gasteiger partial charge in [0.2, 0.25) is 5.78 Å². The highest BCUT2D eigenvalue weighted by Crippen LogP contribution is 2.24. The molecule has 0 aliphatic heterocycles. The lowest BCUT2D eigenvalue weighted by Crippen LogP contribution is -1.97. The minimum Gasteiger partial charge on any atom is -0.294 e. The van der Waals surface area contributed by atoms with E-state index in [0.717, 1.165) is 11.8 Å². The number of aryl methyl sites for hydroxylation is 1. The molecule has 0 aliphatic rings. The van der Waals surface area contributed by atoms with Crippen molar-refractivity contribution in [3.05, 3.63) is 35.5 Å². The third kappa shape index (κ3) is 1.34. The fourth-order valence-corrected chi connectivity index (χ4v) is 1.67. The molecule has 3 nitrogen and oxygen atoms in total. The molecule has 4 heteroatoms. The van der Waals surface area contributed by atoms with Gasteiger partial charge in [-0.05, 0) is 12.5 Å². The van der Waals surface area contributed by atoms with E-state index in [9.17, 15) is 14.1 Å². The van der Waals surface area contributed by atoms with Crippen molar-refractivity contribution in [2.45, 2.75) is 6.92 Å². The zero-order chi connectivity index (χ0) is 11.0. The van der Waals surface area contributed by atoms with E-state index in [2.05, 4.69) is 0 Å². The van der Waals surface area contributed by atoms with Gasteiger partial charge in [-0.15, -0.1) is 0 Å².